The predicted molar refractivity (Wildman–Crippen MR) is 223 cm³/mol. The number of hydrogen-bond acceptors (Lipinski definition) is 17. The van der Waals surface area contributed by atoms with Crippen molar-refractivity contribution in [2.75, 3.05) is 19.8 Å². The zero-order valence-corrected chi connectivity index (χ0v) is 37.6. The van der Waals surface area contributed by atoms with Crippen LogP contribution in [0.15, 0.2) is 71.8 Å². The molecule has 2 bridgehead atoms. The zero-order chi connectivity index (χ0) is 47.4. The summed E-state index contributed by atoms with van der Waals surface area (Å²) in [4.78, 5) is 83.2. The van der Waals surface area contributed by atoms with E-state index in [1.807, 2.05) is 0 Å². The van der Waals surface area contributed by atoms with Crippen LogP contribution in [0.4, 0.5) is 4.79 Å². The zero-order valence-electron chi connectivity index (χ0n) is 37.6. The Balaban J connectivity index is 1.32. The molecule has 0 aromatic heterocycles. The fourth-order valence-corrected chi connectivity index (χ4v) is 10.5. The molecule has 2 aliphatic heterocycles. The van der Waals surface area contributed by atoms with E-state index in [0.29, 0.717) is 5.56 Å². The first kappa shape index (κ1) is 47.7. The van der Waals surface area contributed by atoms with Crippen LogP contribution in [0.25, 0.3) is 0 Å². The number of aliphatic hydroxyl groups is 3. The van der Waals surface area contributed by atoms with Crippen molar-refractivity contribution in [3.05, 3.63) is 82.9 Å². The predicted octanol–water partition coefficient (Wildman–Crippen LogP) is 3.18. The van der Waals surface area contributed by atoms with Crippen LogP contribution in [0.5, 0.6) is 0 Å². The maximum atomic E-state index is 15.2. The van der Waals surface area contributed by atoms with Gasteiger partial charge in [-0.05, 0) is 56.5 Å². The van der Waals surface area contributed by atoms with E-state index in [0.717, 1.165) is 13.8 Å². The first-order valence-electron chi connectivity index (χ1n) is 21.6. The van der Waals surface area contributed by atoms with Gasteiger partial charge in [-0.1, -0.05) is 62.4 Å². The molecule has 4 N–H and O–H groups in total. The molecule has 65 heavy (non-hydrogen) atoms. The van der Waals surface area contributed by atoms with Crippen molar-refractivity contribution in [2.45, 2.75) is 134 Å². The summed E-state index contributed by atoms with van der Waals surface area (Å²) < 4.78 is 46.2. The second-order valence-corrected chi connectivity index (χ2v) is 18.7. The van der Waals surface area contributed by atoms with Crippen LogP contribution in [0.1, 0.15) is 90.2 Å². The Morgan fingerprint density at radius 2 is 1.55 bits per heavy atom. The number of Topliss-reactive ketones (excluding diaryl/α,β-unsaturated/α-hetero) is 1. The smallest absolute Gasteiger partial charge is 0.455 e. The Bertz CT molecular complexity index is 2230. The molecule has 2 aromatic rings. The first-order valence-corrected chi connectivity index (χ1v) is 21.6. The van der Waals surface area contributed by atoms with Gasteiger partial charge in [-0.3, -0.25) is 19.2 Å². The third kappa shape index (κ3) is 8.44. The van der Waals surface area contributed by atoms with Crippen molar-refractivity contribution in [3.63, 3.8) is 0 Å². The Hall–Kier alpha value is -5.24. The van der Waals surface area contributed by atoms with Crippen LogP contribution in [0.2, 0.25) is 0 Å². The fraction of sp³-hybridized carbons (Fsp3) is 0.574. The fourth-order valence-electron chi connectivity index (χ4n) is 10.5. The number of hydrogen-bond donors (Lipinski definition) is 4. The van der Waals surface area contributed by atoms with Crippen molar-refractivity contribution >= 4 is 35.8 Å². The van der Waals surface area contributed by atoms with Gasteiger partial charge in [0.05, 0.1) is 30.8 Å². The number of benzene rings is 2. The average Bonchev–Trinajstić information content (AvgIpc) is 3.60. The molecule has 2 saturated carbocycles. The summed E-state index contributed by atoms with van der Waals surface area (Å²) in [6.07, 6.45) is -12.7. The lowest BCUT2D eigenvalue weighted by molar-refractivity contribution is -0.346. The van der Waals surface area contributed by atoms with Crippen molar-refractivity contribution < 1.29 is 82.0 Å². The van der Waals surface area contributed by atoms with Gasteiger partial charge in [0.2, 0.25) is 6.10 Å². The van der Waals surface area contributed by atoms with Gasteiger partial charge in [-0.2, -0.15) is 0 Å². The van der Waals surface area contributed by atoms with Crippen LogP contribution in [-0.4, -0.2) is 131 Å². The molecular formula is C47H57NO17. The largest absolute Gasteiger partial charge is 0.509 e. The summed E-state index contributed by atoms with van der Waals surface area (Å²) in [5, 5.41) is 40.6. The molecule has 18 nitrogen and oxygen atoms in total. The normalized spacial score (nSPS) is 34.1. The third-order valence-electron chi connectivity index (χ3n) is 13.9. The summed E-state index contributed by atoms with van der Waals surface area (Å²) in [5.41, 5.74) is -7.18. The Morgan fingerprint density at radius 1 is 0.908 bits per heavy atom. The highest BCUT2D eigenvalue weighted by molar-refractivity contribution is 5.96. The van der Waals surface area contributed by atoms with E-state index in [9.17, 15) is 39.3 Å². The summed E-state index contributed by atoms with van der Waals surface area (Å²) >= 11 is 0. The highest BCUT2D eigenvalue weighted by Crippen LogP contribution is 2.63. The topological polar surface area (TPSA) is 249 Å². The molecule has 4 fully saturated rings. The summed E-state index contributed by atoms with van der Waals surface area (Å²) in [7, 11) is 0. The minimum absolute atomic E-state index is 0.0285. The number of fused-ring (bicyclic) bond motifs is 5. The average molecular weight is 908 g/mol. The van der Waals surface area contributed by atoms with E-state index >= 15 is 4.79 Å². The highest BCUT2D eigenvalue weighted by Gasteiger charge is 2.77. The molecule has 0 spiro atoms. The molecule has 18 heteroatoms. The molecule has 5 aliphatic rings. The summed E-state index contributed by atoms with van der Waals surface area (Å²) in [6.45, 7) is 11.0. The standard InChI is InChI=1S/C47H57NO17/c1-24-30(20-47(57)39(53)37-45(8,31(51)19-32-46(37,23-59-32)64-26(3)50)38(52)35(61-25(2)49)33(24)43(47,4)5)62-41(55)36(63-42(56)58-21-29-22-60-44(6,7)65-29)34(27-15-11-9-12-16-27)48-40(54)28-17-13-10-14-18-28/h9-18,29-32,34-37,39,51,53,57H,19-23H2,1-8H3,(H,48,54)/t29?,30-,31-,32+,34-,35+,36+,37-,39-,45+,46-,47+/m0/s1. The van der Waals surface area contributed by atoms with Crippen LogP contribution in [0.3, 0.4) is 0 Å². The molecule has 2 aromatic carbocycles. The van der Waals surface area contributed by atoms with Gasteiger partial charge in [0, 0.05) is 43.6 Å². The minimum Gasteiger partial charge on any atom is -0.455 e. The van der Waals surface area contributed by atoms with E-state index in [1.54, 1.807) is 74.5 Å². The van der Waals surface area contributed by atoms with Crippen LogP contribution in [-0.2, 0) is 57.1 Å². The number of nitrogens with one attached hydrogen (secondary N) is 1. The van der Waals surface area contributed by atoms with E-state index in [1.165, 1.54) is 27.7 Å². The SMILES string of the molecule is CC(=O)O[C@H]1C(=O)[C@@]2(C)[C@H]([C@H](O)[C@]3(O)C[C@H](OC(=O)[C@H](OC(=O)OCC4COC(C)(C)O4)[C@@H](NC(=O)c4ccccc4)c4ccccc4)C(C)=C1C3(C)C)[C@]1(OC(C)=O)CO[C@@H]1C[C@@H]2O. The highest BCUT2D eigenvalue weighted by atomic mass is 16.8. The van der Waals surface area contributed by atoms with Gasteiger partial charge in [0.15, 0.2) is 23.3 Å². The number of carbonyl (C=O) groups excluding carboxylic acids is 6. The van der Waals surface area contributed by atoms with Gasteiger partial charge in [-0.15, -0.1) is 0 Å². The van der Waals surface area contributed by atoms with Gasteiger partial charge in [0.25, 0.3) is 5.91 Å². The van der Waals surface area contributed by atoms with E-state index < -0.39 is 125 Å². The molecule has 0 radical (unpaired) electrons. The minimum atomic E-state index is -2.41. The number of carbonyl (C=O) groups is 6. The third-order valence-corrected chi connectivity index (χ3v) is 13.9. The number of ether oxygens (including phenoxy) is 8. The van der Waals surface area contributed by atoms with Gasteiger partial charge >= 0.3 is 24.1 Å². The molecular weight excluding hydrogens is 851 g/mol. The lowest BCUT2D eigenvalue weighted by atomic mass is 9.44. The van der Waals surface area contributed by atoms with E-state index in [4.69, 9.17) is 37.9 Å². The van der Waals surface area contributed by atoms with Gasteiger partial charge in [0.1, 0.15) is 36.6 Å². The maximum absolute atomic E-state index is 15.2. The maximum Gasteiger partial charge on any atom is 0.509 e. The van der Waals surface area contributed by atoms with Crippen molar-refractivity contribution in [2.24, 2.45) is 16.7 Å². The summed E-state index contributed by atoms with van der Waals surface area (Å²) in [6, 6.07) is 14.8. The number of amides is 1. The lowest BCUT2D eigenvalue weighted by Gasteiger charge is -2.67. The molecule has 352 valence electrons. The second kappa shape index (κ2) is 17.5. The molecule has 12 atom stereocenters. The monoisotopic (exact) mass is 907 g/mol. The molecule has 2 heterocycles. The van der Waals surface area contributed by atoms with E-state index in [2.05, 4.69) is 5.32 Å². The Morgan fingerprint density at radius 3 is 2.12 bits per heavy atom. The molecule has 1 unspecified atom stereocenters. The number of aliphatic hydroxyl groups excluding tert-OH is 2. The van der Waals surface area contributed by atoms with Crippen molar-refractivity contribution in [1.29, 1.82) is 0 Å². The van der Waals surface area contributed by atoms with Crippen molar-refractivity contribution in [3.8, 4) is 0 Å². The molecule has 2 saturated heterocycles. The van der Waals surface area contributed by atoms with Gasteiger partial charge < -0.3 is 58.5 Å². The quantitative estimate of drug-likeness (QED) is 0.144. The van der Waals surface area contributed by atoms with Crippen LogP contribution in [0, 0.1) is 16.7 Å². The Labute approximate surface area is 375 Å². The van der Waals surface area contributed by atoms with E-state index in [-0.39, 0.29) is 43.0 Å². The number of esters is 3. The summed E-state index contributed by atoms with van der Waals surface area (Å²) in [5.74, 6) is -6.95. The number of ketones is 1. The molecule has 7 rings (SSSR count). The second-order valence-electron chi connectivity index (χ2n) is 18.7. The Kier molecular flexibility index (Phi) is 12.9. The van der Waals surface area contributed by atoms with Crippen molar-refractivity contribution in [1.82, 2.24) is 5.32 Å². The van der Waals surface area contributed by atoms with Gasteiger partial charge in [-0.25, -0.2) is 9.59 Å². The number of rotatable bonds is 11. The van der Waals surface area contributed by atoms with Crippen LogP contribution < -0.4 is 5.32 Å². The molecule has 3 aliphatic carbocycles. The molecule has 1 amide bonds. The van der Waals surface area contributed by atoms with Crippen LogP contribution >= 0.6 is 0 Å². The first-order chi connectivity index (χ1) is 30.5. The lowest BCUT2D eigenvalue weighted by Crippen LogP contribution is -2.81.